The first-order valence-corrected chi connectivity index (χ1v) is 37.6. The summed E-state index contributed by atoms with van der Waals surface area (Å²) in [5, 5.41) is 3.07. The van der Waals surface area contributed by atoms with Gasteiger partial charge in [-0.05, 0) is 96.0 Å². The van der Waals surface area contributed by atoms with E-state index in [9.17, 15) is 19.0 Å². The molecule has 10 heteroatoms. The lowest BCUT2D eigenvalue weighted by Crippen LogP contribution is -2.47. The summed E-state index contributed by atoms with van der Waals surface area (Å²) in [6.07, 6.45) is 82.4. The number of amides is 1. The number of nitrogens with one attached hydrogen (secondary N) is 1. The number of likely N-dealkylation sites (N-methyl/N-ethyl adjacent to an activating group) is 1. The summed E-state index contributed by atoms with van der Waals surface area (Å²) in [7, 11) is 1.50. The standard InChI is InChI=1S/C74H139N2O7P/c1-7-10-13-16-19-22-25-28-30-32-34-35-36-37-38-39-40-41-43-44-46-48-51-54-57-60-63-66-73(77)75-71(70-82-84(79,80)81-69-68-76(4,5)6)72(65-62-59-56-53-50-27-24-21-18-15-12-9-3)83-74(78)67-64-61-58-55-52-49-47-45-42-33-31-29-26-23-20-17-14-11-8-2/h20,23,28-31,42,45,62,65,71-72H,7-19,21-22,24-27,32-41,43-44,46-61,63-64,66-70H2,1-6H3,(H-,75,77,79,80)/p+1/b23-20-,30-28+,31-29-,45-42-,65-62-. The lowest BCUT2D eigenvalue weighted by Gasteiger charge is -2.27. The third kappa shape index (κ3) is 64.2. The number of nitrogens with zero attached hydrogens (tertiary/aromatic N) is 1. The summed E-state index contributed by atoms with van der Waals surface area (Å²) in [4.78, 5) is 37.9. The number of rotatable bonds is 66. The lowest BCUT2D eigenvalue weighted by atomic mass is 10.0. The van der Waals surface area contributed by atoms with Crippen molar-refractivity contribution >= 4 is 19.7 Å². The summed E-state index contributed by atoms with van der Waals surface area (Å²) in [5.74, 6) is -0.507. The highest BCUT2D eigenvalue weighted by Gasteiger charge is 2.30. The zero-order chi connectivity index (χ0) is 61.4. The van der Waals surface area contributed by atoms with Crippen LogP contribution in [0.1, 0.15) is 348 Å². The van der Waals surface area contributed by atoms with E-state index in [0.717, 1.165) is 83.5 Å². The molecule has 0 aliphatic heterocycles. The minimum atomic E-state index is -4.46. The Hall–Kier alpha value is -2.29. The lowest BCUT2D eigenvalue weighted by molar-refractivity contribution is -0.870. The molecule has 1 amide bonds. The number of esters is 1. The van der Waals surface area contributed by atoms with Crippen LogP contribution in [0.2, 0.25) is 0 Å². The third-order valence-corrected chi connectivity index (χ3v) is 17.2. The molecule has 0 radical (unpaired) electrons. The number of phosphoric ester groups is 1. The van der Waals surface area contributed by atoms with Crippen LogP contribution < -0.4 is 5.32 Å². The molecule has 0 spiro atoms. The number of phosphoric acid groups is 1. The van der Waals surface area contributed by atoms with Crippen LogP contribution >= 0.6 is 7.82 Å². The van der Waals surface area contributed by atoms with Gasteiger partial charge < -0.3 is 19.4 Å². The number of carbonyl (C=O) groups is 2. The molecule has 0 aliphatic carbocycles. The Balaban J connectivity index is 5.01. The first-order chi connectivity index (χ1) is 40.9. The van der Waals surface area contributed by atoms with Crippen molar-refractivity contribution in [3.05, 3.63) is 60.8 Å². The molecule has 492 valence electrons. The second-order valence-electron chi connectivity index (χ2n) is 25.8. The van der Waals surface area contributed by atoms with Crippen molar-refractivity contribution in [1.82, 2.24) is 5.32 Å². The smallest absolute Gasteiger partial charge is 0.456 e. The average molecular weight is 1200 g/mol. The Labute approximate surface area is 521 Å². The van der Waals surface area contributed by atoms with E-state index in [0.29, 0.717) is 17.4 Å². The van der Waals surface area contributed by atoms with E-state index >= 15 is 0 Å². The Bertz CT molecular complexity index is 1620. The Morgan fingerprint density at radius 1 is 0.417 bits per heavy atom. The minimum absolute atomic E-state index is 0.0382. The van der Waals surface area contributed by atoms with Gasteiger partial charge in [0.15, 0.2) is 0 Å². The highest BCUT2D eigenvalue weighted by molar-refractivity contribution is 7.47. The molecular weight excluding hydrogens is 1060 g/mol. The molecule has 0 bridgehead atoms. The van der Waals surface area contributed by atoms with E-state index in [2.05, 4.69) is 74.7 Å². The van der Waals surface area contributed by atoms with Crippen LogP contribution in [-0.2, 0) is 27.9 Å². The fourth-order valence-electron chi connectivity index (χ4n) is 10.6. The maximum atomic E-state index is 13.6. The van der Waals surface area contributed by atoms with E-state index in [-0.39, 0.29) is 31.5 Å². The van der Waals surface area contributed by atoms with Gasteiger partial charge >= 0.3 is 13.8 Å². The van der Waals surface area contributed by atoms with Crippen LogP contribution in [0, 0.1) is 0 Å². The second kappa shape index (κ2) is 63.7. The van der Waals surface area contributed by atoms with Crippen LogP contribution in [0.4, 0.5) is 0 Å². The quantitative estimate of drug-likeness (QED) is 0.0205. The molecule has 3 atom stereocenters. The predicted molar refractivity (Wildman–Crippen MR) is 365 cm³/mol. The van der Waals surface area contributed by atoms with Crippen molar-refractivity contribution in [3.63, 3.8) is 0 Å². The summed E-state index contributed by atoms with van der Waals surface area (Å²) < 4.78 is 30.8. The number of hydrogen-bond donors (Lipinski definition) is 2. The van der Waals surface area contributed by atoms with Crippen LogP contribution in [0.15, 0.2) is 60.8 Å². The summed E-state index contributed by atoms with van der Waals surface area (Å²) in [6, 6.07) is -0.854. The topological polar surface area (TPSA) is 111 Å². The van der Waals surface area contributed by atoms with E-state index in [1.165, 1.54) is 231 Å². The van der Waals surface area contributed by atoms with Crippen molar-refractivity contribution in [2.45, 2.75) is 360 Å². The predicted octanol–water partition coefficient (Wildman–Crippen LogP) is 23.0. The first-order valence-electron chi connectivity index (χ1n) is 36.1. The zero-order valence-corrected chi connectivity index (χ0v) is 57.3. The first kappa shape index (κ1) is 81.7. The molecule has 0 saturated heterocycles. The second-order valence-corrected chi connectivity index (χ2v) is 27.2. The number of ether oxygens (including phenoxy) is 1. The van der Waals surface area contributed by atoms with E-state index in [1.54, 1.807) is 0 Å². The fourth-order valence-corrected chi connectivity index (χ4v) is 11.3. The molecule has 0 aromatic heterocycles. The summed E-state index contributed by atoms with van der Waals surface area (Å²) in [5.41, 5.74) is 0. The summed E-state index contributed by atoms with van der Waals surface area (Å²) >= 11 is 0. The molecule has 0 saturated carbocycles. The van der Waals surface area contributed by atoms with Crippen LogP contribution in [-0.4, -0.2) is 74.3 Å². The molecule has 0 heterocycles. The van der Waals surface area contributed by atoms with Gasteiger partial charge in [-0.15, -0.1) is 0 Å². The zero-order valence-electron chi connectivity index (χ0n) is 56.4. The minimum Gasteiger partial charge on any atom is -0.456 e. The normalized spacial score (nSPS) is 13.8. The summed E-state index contributed by atoms with van der Waals surface area (Å²) in [6.45, 7) is 7.01. The number of allylic oxidation sites excluding steroid dienone is 9. The van der Waals surface area contributed by atoms with Gasteiger partial charge in [0.25, 0.3) is 0 Å². The van der Waals surface area contributed by atoms with E-state index < -0.39 is 20.0 Å². The molecule has 0 aromatic rings. The van der Waals surface area contributed by atoms with Crippen molar-refractivity contribution in [2.75, 3.05) is 40.9 Å². The fraction of sp³-hybridized carbons (Fsp3) is 0.838. The highest BCUT2D eigenvalue weighted by Crippen LogP contribution is 2.43. The monoisotopic (exact) mass is 1200 g/mol. The van der Waals surface area contributed by atoms with Gasteiger partial charge in [-0.25, -0.2) is 4.57 Å². The number of unbranched alkanes of at least 4 members (excludes halogenated alkanes) is 42. The number of hydrogen-bond acceptors (Lipinski definition) is 6. The van der Waals surface area contributed by atoms with Crippen molar-refractivity contribution in [3.8, 4) is 0 Å². The molecule has 0 fully saturated rings. The van der Waals surface area contributed by atoms with Crippen molar-refractivity contribution in [1.29, 1.82) is 0 Å². The van der Waals surface area contributed by atoms with Gasteiger partial charge in [-0.3, -0.25) is 18.6 Å². The van der Waals surface area contributed by atoms with Gasteiger partial charge in [-0.2, -0.15) is 0 Å². The largest absolute Gasteiger partial charge is 0.472 e. The van der Waals surface area contributed by atoms with Gasteiger partial charge in [-0.1, -0.05) is 300 Å². The third-order valence-electron chi connectivity index (χ3n) is 16.2. The van der Waals surface area contributed by atoms with Gasteiger partial charge in [0.2, 0.25) is 5.91 Å². The maximum Gasteiger partial charge on any atom is 0.472 e. The van der Waals surface area contributed by atoms with Gasteiger partial charge in [0.05, 0.1) is 33.8 Å². The molecule has 84 heavy (non-hydrogen) atoms. The Kier molecular flexibility index (Phi) is 62.0. The molecular formula is C74H140N2O7P+. The highest BCUT2D eigenvalue weighted by atomic mass is 31.2. The molecule has 0 rings (SSSR count). The molecule has 0 aromatic carbocycles. The van der Waals surface area contributed by atoms with Crippen LogP contribution in [0.3, 0.4) is 0 Å². The van der Waals surface area contributed by atoms with Crippen LogP contribution in [0.5, 0.6) is 0 Å². The molecule has 2 N–H and O–H groups in total. The van der Waals surface area contributed by atoms with E-state index in [1.807, 2.05) is 33.3 Å². The van der Waals surface area contributed by atoms with Crippen LogP contribution in [0.25, 0.3) is 0 Å². The van der Waals surface area contributed by atoms with Gasteiger partial charge in [0.1, 0.15) is 19.3 Å². The van der Waals surface area contributed by atoms with E-state index in [4.69, 9.17) is 13.8 Å². The van der Waals surface area contributed by atoms with Crippen molar-refractivity contribution in [2.24, 2.45) is 0 Å². The Morgan fingerprint density at radius 2 is 0.726 bits per heavy atom. The Morgan fingerprint density at radius 3 is 1.12 bits per heavy atom. The molecule has 3 unspecified atom stereocenters. The molecule has 9 nitrogen and oxygen atoms in total. The number of quaternary nitrogens is 1. The number of carbonyl (C=O) groups excluding carboxylic acids is 2. The molecule has 0 aliphatic rings. The SMILES string of the molecule is CCCCC/C=C\C/C=C\C/C=C\CCCCCCCCC(=O)OC(/C=C\CCCCCCCCCCCC)C(COP(=O)(O)OCC[N+](C)(C)C)NC(=O)CCCCCCCCCCCCCCCCCCC/C=C/CCCCCCCC. The maximum absolute atomic E-state index is 13.6. The van der Waals surface area contributed by atoms with Crippen molar-refractivity contribution < 1.29 is 37.3 Å². The van der Waals surface area contributed by atoms with Gasteiger partial charge in [0, 0.05) is 12.8 Å². The average Bonchev–Trinajstić information content (AvgIpc) is 3.65.